The first-order chi connectivity index (χ1) is 8.97. The lowest BCUT2D eigenvalue weighted by molar-refractivity contribution is 0.610. The summed E-state index contributed by atoms with van der Waals surface area (Å²) in [4.78, 5) is 0. The summed E-state index contributed by atoms with van der Waals surface area (Å²) in [5.74, 6) is -0.227. The van der Waals surface area contributed by atoms with Crippen LogP contribution < -0.4 is 5.73 Å². The highest BCUT2D eigenvalue weighted by Crippen LogP contribution is 2.26. The van der Waals surface area contributed by atoms with Crippen LogP contribution in [0.3, 0.4) is 0 Å². The zero-order chi connectivity index (χ0) is 14.0. The second-order valence-electron chi connectivity index (χ2n) is 4.55. The van der Waals surface area contributed by atoms with Crippen LogP contribution in [0.15, 0.2) is 40.9 Å². The zero-order valence-electron chi connectivity index (χ0n) is 10.5. The number of hydrogen-bond acceptors (Lipinski definition) is 1. The zero-order valence-corrected chi connectivity index (χ0v) is 12.8. The third-order valence-corrected chi connectivity index (χ3v) is 3.92. The molecule has 0 saturated carbocycles. The molecule has 0 aliphatic carbocycles. The molecule has 1 atom stereocenters. The normalized spacial score (nSPS) is 12.5. The molecule has 1 nitrogen and oxygen atoms in total. The Labute approximate surface area is 125 Å². The first-order valence-electron chi connectivity index (χ1n) is 5.93. The maximum Gasteiger partial charge on any atom is 0.126 e. The molecule has 4 heteroatoms. The van der Waals surface area contributed by atoms with Crippen molar-refractivity contribution < 1.29 is 4.39 Å². The highest BCUT2D eigenvalue weighted by molar-refractivity contribution is 9.10. The fraction of sp³-hybridized carbons (Fsp3) is 0.200. The van der Waals surface area contributed by atoms with Crippen molar-refractivity contribution in [2.45, 2.75) is 19.4 Å². The van der Waals surface area contributed by atoms with Crippen LogP contribution in [0.4, 0.5) is 4.39 Å². The Kier molecular flexibility index (Phi) is 4.61. The molecule has 100 valence electrons. The van der Waals surface area contributed by atoms with Crippen molar-refractivity contribution in [2.75, 3.05) is 0 Å². The first kappa shape index (κ1) is 14.5. The summed E-state index contributed by atoms with van der Waals surface area (Å²) >= 11 is 9.52. The molecule has 2 aromatic rings. The average molecular weight is 343 g/mol. The van der Waals surface area contributed by atoms with Crippen molar-refractivity contribution in [3.63, 3.8) is 0 Å². The van der Waals surface area contributed by atoms with Gasteiger partial charge in [0.15, 0.2) is 0 Å². The molecule has 0 radical (unpaired) electrons. The van der Waals surface area contributed by atoms with E-state index in [-0.39, 0.29) is 11.9 Å². The number of benzene rings is 2. The molecule has 0 aliphatic rings. The monoisotopic (exact) mass is 341 g/mol. The number of aryl methyl sites for hydroxylation is 1. The van der Waals surface area contributed by atoms with Crippen molar-refractivity contribution >= 4 is 27.5 Å². The van der Waals surface area contributed by atoms with Gasteiger partial charge in [-0.3, -0.25) is 0 Å². The standard InChI is InChI=1S/C15H14BrClFN/c1-9-2-3-11(6-14(9)18)15(19)7-10-4-5-12(16)8-13(10)17/h2-6,8,15H,7,19H2,1H3. The van der Waals surface area contributed by atoms with Gasteiger partial charge in [0.05, 0.1) is 0 Å². The fourth-order valence-corrected chi connectivity index (χ4v) is 2.63. The second kappa shape index (κ2) is 6.04. The minimum absolute atomic E-state index is 0.227. The predicted molar refractivity (Wildman–Crippen MR) is 80.9 cm³/mol. The van der Waals surface area contributed by atoms with Crippen LogP contribution in [0.1, 0.15) is 22.7 Å². The van der Waals surface area contributed by atoms with E-state index < -0.39 is 0 Å². The molecule has 0 amide bonds. The molecule has 2 aromatic carbocycles. The number of hydrogen-bond donors (Lipinski definition) is 1. The summed E-state index contributed by atoms with van der Waals surface area (Å²) in [5, 5.41) is 0.664. The van der Waals surface area contributed by atoms with Crippen molar-refractivity contribution in [1.82, 2.24) is 0 Å². The van der Waals surface area contributed by atoms with Gasteiger partial charge in [0.1, 0.15) is 5.82 Å². The molecule has 0 bridgehead atoms. The number of halogens is 3. The summed E-state index contributed by atoms with van der Waals surface area (Å²) in [6.45, 7) is 1.73. The Hall–Kier alpha value is -0.900. The smallest absolute Gasteiger partial charge is 0.126 e. The van der Waals surface area contributed by atoms with Gasteiger partial charge in [0, 0.05) is 15.5 Å². The summed E-state index contributed by atoms with van der Waals surface area (Å²) in [7, 11) is 0. The van der Waals surface area contributed by atoms with Crippen LogP contribution in [0, 0.1) is 12.7 Å². The Morgan fingerprint density at radius 2 is 2.00 bits per heavy atom. The summed E-state index contributed by atoms with van der Waals surface area (Å²) in [6.07, 6.45) is 0.578. The van der Waals surface area contributed by atoms with E-state index >= 15 is 0 Å². The molecule has 2 N–H and O–H groups in total. The molecule has 0 heterocycles. The van der Waals surface area contributed by atoms with E-state index in [0.29, 0.717) is 17.0 Å². The minimum atomic E-state index is -0.270. The van der Waals surface area contributed by atoms with Crippen LogP contribution in [-0.4, -0.2) is 0 Å². The molecule has 1 unspecified atom stereocenters. The largest absolute Gasteiger partial charge is 0.324 e. The molecule has 0 aromatic heterocycles. The van der Waals surface area contributed by atoms with Gasteiger partial charge < -0.3 is 5.73 Å². The lowest BCUT2D eigenvalue weighted by atomic mass is 9.98. The van der Waals surface area contributed by atoms with Gasteiger partial charge >= 0.3 is 0 Å². The molecule has 0 aliphatic heterocycles. The third kappa shape index (κ3) is 3.56. The predicted octanol–water partition coefficient (Wildman–Crippen LogP) is 4.79. The molecule has 0 spiro atoms. The number of nitrogens with two attached hydrogens (primary N) is 1. The van der Waals surface area contributed by atoms with E-state index in [4.69, 9.17) is 17.3 Å². The van der Waals surface area contributed by atoms with Crippen LogP contribution in [0.5, 0.6) is 0 Å². The molecule has 0 fully saturated rings. The van der Waals surface area contributed by atoms with Crippen molar-refractivity contribution in [3.8, 4) is 0 Å². The SMILES string of the molecule is Cc1ccc(C(N)Cc2ccc(Br)cc2Cl)cc1F. The molecular formula is C15H14BrClFN. The van der Waals surface area contributed by atoms with E-state index in [0.717, 1.165) is 15.6 Å². The van der Waals surface area contributed by atoms with Gasteiger partial charge in [-0.1, -0.05) is 45.7 Å². The van der Waals surface area contributed by atoms with E-state index in [1.54, 1.807) is 13.0 Å². The highest BCUT2D eigenvalue weighted by Gasteiger charge is 2.11. The van der Waals surface area contributed by atoms with Crippen molar-refractivity contribution in [1.29, 1.82) is 0 Å². The Morgan fingerprint density at radius 3 is 2.63 bits per heavy atom. The van der Waals surface area contributed by atoms with Crippen molar-refractivity contribution in [2.24, 2.45) is 5.73 Å². The van der Waals surface area contributed by atoms with Gasteiger partial charge in [-0.2, -0.15) is 0 Å². The van der Waals surface area contributed by atoms with Crippen LogP contribution in [-0.2, 0) is 6.42 Å². The molecule has 2 rings (SSSR count). The van der Waals surface area contributed by atoms with Gasteiger partial charge in [0.25, 0.3) is 0 Å². The van der Waals surface area contributed by atoms with Gasteiger partial charge in [-0.25, -0.2) is 4.39 Å². The van der Waals surface area contributed by atoms with E-state index in [1.807, 2.05) is 24.3 Å². The Bertz CT molecular complexity index is 601. The quantitative estimate of drug-likeness (QED) is 0.852. The lowest BCUT2D eigenvalue weighted by Gasteiger charge is -2.14. The lowest BCUT2D eigenvalue weighted by Crippen LogP contribution is -2.14. The maximum absolute atomic E-state index is 13.5. The molecule has 19 heavy (non-hydrogen) atoms. The second-order valence-corrected chi connectivity index (χ2v) is 5.88. The van der Waals surface area contributed by atoms with Gasteiger partial charge in [-0.15, -0.1) is 0 Å². The Balaban J connectivity index is 2.20. The highest BCUT2D eigenvalue weighted by atomic mass is 79.9. The van der Waals surface area contributed by atoms with Crippen LogP contribution >= 0.6 is 27.5 Å². The Morgan fingerprint density at radius 1 is 1.26 bits per heavy atom. The number of rotatable bonds is 3. The van der Waals surface area contributed by atoms with E-state index in [9.17, 15) is 4.39 Å². The maximum atomic E-state index is 13.5. The fourth-order valence-electron chi connectivity index (χ4n) is 1.88. The average Bonchev–Trinajstić information content (AvgIpc) is 2.36. The third-order valence-electron chi connectivity index (χ3n) is 3.08. The minimum Gasteiger partial charge on any atom is -0.324 e. The first-order valence-corrected chi connectivity index (χ1v) is 7.10. The molecule has 0 saturated heterocycles. The van der Waals surface area contributed by atoms with Crippen molar-refractivity contribution in [3.05, 3.63) is 68.4 Å². The van der Waals surface area contributed by atoms with Gasteiger partial charge in [0.2, 0.25) is 0 Å². The van der Waals surface area contributed by atoms with E-state index in [1.165, 1.54) is 6.07 Å². The topological polar surface area (TPSA) is 26.0 Å². The van der Waals surface area contributed by atoms with Crippen LogP contribution in [0.2, 0.25) is 5.02 Å². The summed E-state index contributed by atoms with van der Waals surface area (Å²) < 4.78 is 14.4. The molecular weight excluding hydrogens is 329 g/mol. The summed E-state index contributed by atoms with van der Waals surface area (Å²) in [6, 6.07) is 10.5. The summed E-state index contributed by atoms with van der Waals surface area (Å²) in [5.41, 5.74) is 8.48. The van der Waals surface area contributed by atoms with Gasteiger partial charge in [-0.05, 0) is 48.2 Å². The van der Waals surface area contributed by atoms with Crippen LogP contribution in [0.25, 0.3) is 0 Å². The van der Waals surface area contributed by atoms with E-state index in [2.05, 4.69) is 15.9 Å².